The van der Waals surface area contributed by atoms with Crippen LogP contribution < -0.4 is 0 Å². The Morgan fingerprint density at radius 1 is 0.846 bits per heavy atom. The van der Waals surface area contributed by atoms with Crippen molar-refractivity contribution >= 4 is 21.6 Å². The maximum atomic E-state index is 13.2. The largest absolute Gasteiger partial charge is 0.289 e. The van der Waals surface area contributed by atoms with E-state index in [2.05, 4.69) is 6.92 Å². The number of nitrogens with zero attached hydrogens (tertiary/aromatic N) is 1. The second-order valence-electron chi connectivity index (χ2n) is 6.97. The van der Waals surface area contributed by atoms with Crippen molar-refractivity contribution in [2.24, 2.45) is 5.92 Å². The molecule has 0 radical (unpaired) electrons. The second-order valence-corrected chi connectivity index (χ2v) is 8.88. The van der Waals surface area contributed by atoms with Crippen molar-refractivity contribution in [2.75, 3.05) is 13.1 Å². The van der Waals surface area contributed by atoms with Crippen molar-refractivity contribution in [1.82, 2.24) is 4.31 Å². The summed E-state index contributed by atoms with van der Waals surface area (Å²) in [5.74, 6) is -0.222. The number of sulfonamides is 1. The molecule has 1 saturated heterocycles. The number of carbonyl (C=O) groups excluding carboxylic acids is 2. The molecule has 1 aliphatic heterocycles. The molecular formula is C20H19NO4S. The second kappa shape index (κ2) is 6.14. The summed E-state index contributed by atoms with van der Waals surface area (Å²) >= 11 is 0. The standard InChI is InChI=1S/C20H19NO4S/c1-13-9-11-21(12-10-13)26(24,25)17-8-4-7-16-18(17)20(23)15-6-3-2-5-14(15)19(16)22/h2-8,13H,9-12H2,1H3. The molecule has 26 heavy (non-hydrogen) atoms. The Hall–Kier alpha value is -2.31. The molecule has 134 valence electrons. The van der Waals surface area contributed by atoms with Gasteiger partial charge < -0.3 is 0 Å². The van der Waals surface area contributed by atoms with E-state index < -0.39 is 15.8 Å². The summed E-state index contributed by atoms with van der Waals surface area (Å²) in [6.45, 7) is 2.98. The predicted octanol–water partition coefficient (Wildman–Crippen LogP) is 2.88. The van der Waals surface area contributed by atoms with Gasteiger partial charge in [-0.25, -0.2) is 8.42 Å². The maximum Gasteiger partial charge on any atom is 0.243 e. The topological polar surface area (TPSA) is 71.5 Å². The first kappa shape index (κ1) is 17.1. The number of benzene rings is 2. The summed E-state index contributed by atoms with van der Waals surface area (Å²) in [5, 5.41) is 0. The Balaban J connectivity index is 1.86. The summed E-state index contributed by atoms with van der Waals surface area (Å²) in [7, 11) is -3.83. The zero-order valence-corrected chi connectivity index (χ0v) is 15.3. The molecule has 5 nitrogen and oxygen atoms in total. The molecule has 0 atom stereocenters. The molecule has 0 unspecified atom stereocenters. The minimum Gasteiger partial charge on any atom is -0.289 e. The monoisotopic (exact) mass is 369 g/mol. The molecule has 1 heterocycles. The van der Waals surface area contributed by atoms with Crippen LogP contribution in [0.5, 0.6) is 0 Å². The average Bonchev–Trinajstić information content (AvgIpc) is 2.66. The lowest BCUT2D eigenvalue weighted by atomic mass is 9.84. The molecule has 2 aromatic rings. The predicted molar refractivity (Wildman–Crippen MR) is 96.9 cm³/mol. The maximum absolute atomic E-state index is 13.2. The van der Waals surface area contributed by atoms with Crippen LogP contribution in [0.2, 0.25) is 0 Å². The summed E-state index contributed by atoms with van der Waals surface area (Å²) in [4.78, 5) is 25.8. The van der Waals surface area contributed by atoms with E-state index in [9.17, 15) is 18.0 Å². The zero-order chi connectivity index (χ0) is 18.5. The summed E-state index contributed by atoms with van der Waals surface area (Å²) in [5.41, 5.74) is 0.765. The Bertz CT molecular complexity index is 1020. The van der Waals surface area contributed by atoms with E-state index in [0.717, 1.165) is 12.8 Å². The highest BCUT2D eigenvalue weighted by Crippen LogP contribution is 2.33. The lowest BCUT2D eigenvalue weighted by Gasteiger charge is -2.30. The van der Waals surface area contributed by atoms with Crippen LogP contribution in [-0.4, -0.2) is 37.4 Å². The van der Waals surface area contributed by atoms with E-state index in [1.165, 1.54) is 22.5 Å². The fourth-order valence-electron chi connectivity index (χ4n) is 3.69. The molecular weight excluding hydrogens is 350 g/mol. The molecule has 1 fully saturated rings. The molecule has 2 aromatic carbocycles. The first-order chi connectivity index (χ1) is 12.4. The smallest absolute Gasteiger partial charge is 0.243 e. The third-order valence-corrected chi connectivity index (χ3v) is 7.22. The Morgan fingerprint density at radius 3 is 2.08 bits per heavy atom. The molecule has 0 bridgehead atoms. The van der Waals surface area contributed by atoms with E-state index in [-0.39, 0.29) is 27.4 Å². The average molecular weight is 369 g/mol. The van der Waals surface area contributed by atoms with Gasteiger partial charge in [-0.05, 0) is 24.8 Å². The normalized spacial score (nSPS) is 18.5. The third kappa shape index (κ3) is 2.52. The molecule has 0 saturated carbocycles. The molecule has 2 aliphatic rings. The molecule has 6 heteroatoms. The molecule has 1 aliphatic carbocycles. The van der Waals surface area contributed by atoms with Gasteiger partial charge in [0.2, 0.25) is 10.0 Å². The minimum absolute atomic E-state index is 0.00909. The summed E-state index contributed by atoms with van der Waals surface area (Å²) in [6.07, 6.45) is 1.59. The van der Waals surface area contributed by atoms with E-state index in [0.29, 0.717) is 24.6 Å². The van der Waals surface area contributed by atoms with Gasteiger partial charge in [0.15, 0.2) is 11.6 Å². The van der Waals surface area contributed by atoms with Crippen LogP contribution in [0.1, 0.15) is 51.6 Å². The van der Waals surface area contributed by atoms with Gasteiger partial charge in [-0.15, -0.1) is 0 Å². The van der Waals surface area contributed by atoms with Crippen LogP contribution >= 0.6 is 0 Å². The Morgan fingerprint density at radius 2 is 1.42 bits per heavy atom. The van der Waals surface area contributed by atoms with Crippen LogP contribution in [0.25, 0.3) is 0 Å². The van der Waals surface area contributed by atoms with Gasteiger partial charge in [0.1, 0.15) is 0 Å². The van der Waals surface area contributed by atoms with Crippen molar-refractivity contribution in [3.63, 3.8) is 0 Å². The number of ketones is 2. The van der Waals surface area contributed by atoms with Crippen LogP contribution in [0, 0.1) is 5.92 Å². The minimum atomic E-state index is -3.83. The van der Waals surface area contributed by atoms with E-state index in [4.69, 9.17) is 0 Å². The number of hydrogen-bond donors (Lipinski definition) is 0. The van der Waals surface area contributed by atoms with Crippen molar-refractivity contribution in [1.29, 1.82) is 0 Å². The number of rotatable bonds is 2. The molecule has 0 amide bonds. The Labute approximate surface area is 152 Å². The van der Waals surface area contributed by atoms with Crippen molar-refractivity contribution in [3.8, 4) is 0 Å². The lowest BCUT2D eigenvalue weighted by Crippen LogP contribution is -2.39. The molecule has 0 aromatic heterocycles. The Kier molecular flexibility index (Phi) is 4.04. The first-order valence-corrected chi connectivity index (χ1v) is 10.2. The van der Waals surface area contributed by atoms with Crippen molar-refractivity contribution in [2.45, 2.75) is 24.7 Å². The number of piperidine rings is 1. The fourth-order valence-corrected chi connectivity index (χ4v) is 5.37. The van der Waals surface area contributed by atoms with Crippen LogP contribution in [-0.2, 0) is 10.0 Å². The van der Waals surface area contributed by atoms with E-state index in [1.807, 2.05) is 0 Å². The van der Waals surface area contributed by atoms with Gasteiger partial charge >= 0.3 is 0 Å². The fraction of sp³-hybridized carbons (Fsp3) is 0.300. The lowest BCUT2D eigenvalue weighted by molar-refractivity contribution is 0.0976. The van der Waals surface area contributed by atoms with Gasteiger partial charge in [-0.3, -0.25) is 9.59 Å². The molecule has 0 spiro atoms. The molecule has 0 N–H and O–H groups in total. The van der Waals surface area contributed by atoms with Gasteiger partial charge in [0, 0.05) is 29.8 Å². The SMILES string of the molecule is CC1CCN(S(=O)(=O)c2cccc3c2C(=O)c2ccccc2C3=O)CC1. The third-order valence-electron chi connectivity index (χ3n) is 5.27. The van der Waals surface area contributed by atoms with Crippen molar-refractivity contribution in [3.05, 3.63) is 64.7 Å². The van der Waals surface area contributed by atoms with E-state index >= 15 is 0 Å². The number of fused-ring (bicyclic) bond motifs is 2. The quantitative estimate of drug-likeness (QED) is 0.696. The van der Waals surface area contributed by atoms with Gasteiger partial charge in [0.25, 0.3) is 0 Å². The highest BCUT2D eigenvalue weighted by Gasteiger charge is 2.37. The summed E-state index contributed by atoms with van der Waals surface area (Å²) in [6, 6.07) is 11.1. The van der Waals surface area contributed by atoms with Crippen LogP contribution in [0.3, 0.4) is 0 Å². The number of carbonyl (C=O) groups is 2. The zero-order valence-electron chi connectivity index (χ0n) is 14.4. The van der Waals surface area contributed by atoms with Gasteiger partial charge in [-0.1, -0.05) is 43.3 Å². The van der Waals surface area contributed by atoms with Crippen LogP contribution in [0.4, 0.5) is 0 Å². The van der Waals surface area contributed by atoms with Gasteiger partial charge in [0.05, 0.1) is 10.5 Å². The first-order valence-electron chi connectivity index (χ1n) is 8.73. The van der Waals surface area contributed by atoms with Crippen LogP contribution in [0.15, 0.2) is 47.4 Å². The highest BCUT2D eigenvalue weighted by molar-refractivity contribution is 7.89. The molecule has 4 rings (SSSR count). The number of hydrogen-bond acceptors (Lipinski definition) is 4. The van der Waals surface area contributed by atoms with Crippen molar-refractivity contribution < 1.29 is 18.0 Å². The summed E-state index contributed by atoms with van der Waals surface area (Å²) < 4.78 is 27.8. The highest BCUT2D eigenvalue weighted by atomic mass is 32.2. The van der Waals surface area contributed by atoms with Gasteiger partial charge in [-0.2, -0.15) is 4.31 Å². The van der Waals surface area contributed by atoms with E-state index in [1.54, 1.807) is 24.3 Å².